The highest BCUT2D eigenvalue weighted by Crippen LogP contribution is 2.36. The van der Waals surface area contributed by atoms with Crippen molar-refractivity contribution in [3.63, 3.8) is 0 Å². The molecule has 2 aliphatic heterocycles. The molecule has 3 aliphatic rings. The van der Waals surface area contributed by atoms with E-state index in [-0.39, 0.29) is 11.8 Å². The first-order valence-electron chi connectivity index (χ1n) is 9.31. The zero-order valence-electron chi connectivity index (χ0n) is 14.8. The van der Waals surface area contributed by atoms with E-state index in [0.29, 0.717) is 12.6 Å². The number of aryl methyl sites for hydroxylation is 1. The molecule has 2 N–H and O–H groups in total. The Morgan fingerprint density at radius 3 is 2.80 bits per heavy atom. The van der Waals surface area contributed by atoms with Crippen molar-refractivity contribution in [2.45, 2.75) is 44.2 Å². The number of carbonyl (C=O) groups is 1. The van der Waals surface area contributed by atoms with Crippen molar-refractivity contribution in [2.75, 3.05) is 37.6 Å². The first kappa shape index (κ1) is 16.7. The molecule has 7 heteroatoms. The number of aliphatic hydroxyl groups is 1. The van der Waals surface area contributed by atoms with Gasteiger partial charge in [0.1, 0.15) is 0 Å². The monoisotopic (exact) mass is 345 g/mol. The molecule has 0 spiro atoms. The van der Waals surface area contributed by atoms with E-state index in [4.69, 9.17) is 0 Å². The Balaban J connectivity index is 1.38. The smallest absolute Gasteiger partial charge is 0.234 e. The minimum Gasteiger partial charge on any atom is -0.389 e. The fraction of sp³-hybridized carbons (Fsp3) is 0.722. The highest BCUT2D eigenvalue weighted by Gasteiger charge is 2.45. The molecule has 1 saturated carbocycles. The number of nitrogens with zero attached hydrogens (tertiary/aromatic N) is 4. The number of hydrogen-bond acceptors (Lipinski definition) is 6. The summed E-state index contributed by atoms with van der Waals surface area (Å²) in [6.45, 7) is 5.46. The number of fused-ring (bicyclic) bond motifs is 1. The van der Waals surface area contributed by atoms with Gasteiger partial charge >= 0.3 is 0 Å². The van der Waals surface area contributed by atoms with Gasteiger partial charge in [-0.15, -0.1) is 5.10 Å². The van der Waals surface area contributed by atoms with E-state index in [2.05, 4.69) is 25.3 Å². The third kappa shape index (κ3) is 3.77. The Labute approximate surface area is 148 Å². The molecule has 0 unspecified atom stereocenters. The van der Waals surface area contributed by atoms with Gasteiger partial charge in [-0.1, -0.05) is 0 Å². The van der Waals surface area contributed by atoms with E-state index >= 15 is 0 Å². The number of carbonyl (C=O) groups excluding carboxylic acids is 1. The maximum absolute atomic E-state index is 12.1. The highest BCUT2D eigenvalue weighted by molar-refractivity contribution is 5.78. The lowest BCUT2D eigenvalue weighted by Crippen LogP contribution is -2.61. The molecular formula is C18H27N5O2. The lowest BCUT2D eigenvalue weighted by molar-refractivity contribution is -0.126. The molecule has 2 saturated heterocycles. The third-order valence-corrected chi connectivity index (χ3v) is 5.77. The van der Waals surface area contributed by atoms with Crippen molar-refractivity contribution in [3.05, 3.63) is 17.8 Å². The average Bonchev–Trinajstić information content (AvgIpc) is 3.39. The molecular weight excluding hydrogens is 318 g/mol. The normalized spacial score (nSPS) is 30.0. The van der Waals surface area contributed by atoms with Crippen molar-refractivity contribution in [1.82, 2.24) is 20.4 Å². The van der Waals surface area contributed by atoms with Crippen molar-refractivity contribution in [3.8, 4) is 0 Å². The second-order valence-corrected chi connectivity index (χ2v) is 7.86. The Bertz CT molecular complexity index is 633. The number of aromatic nitrogens is 2. The number of likely N-dealkylation sites (tertiary alicyclic amines) is 1. The Morgan fingerprint density at radius 2 is 2.08 bits per heavy atom. The number of piperidine rings is 2. The predicted molar refractivity (Wildman–Crippen MR) is 94.3 cm³/mol. The maximum Gasteiger partial charge on any atom is 0.234 e. The van der Waals surface area contributed by atoms with Crippen LogP contribution in [0.15, 0.2) is 12.1 Å². The average molecular weight is 345 g/mol. The molecule has 4 rings (SSSR count). The van der Waals surface area contributed by atoms with E-state index in [0.717, 1.165) is 63.4 Å². The zero-order valence-corrected chi connectivity index (χ0v) is 14.8. The van der Waals surface area contributed by atoms with Gasteiger partial charge < -0.3 is 15.3 Å². The SMILES string of the molecule is Cc1ccc(N2CC[C@]3(O)CCN(CC(=O)NC4CC4)C[C@@H]3C2)nn1. The predicted octanol–water partition coefficient (Wildman–Crippen LogP) is 0.327. The summed E-state index contributed by atoms with van der Waals surface area (Å²) in [4.78, 5) is 16.5. The van der Waals surface area contributed by atoms with E-state index in [9.17, 15) is 9.90 Å². The molecule has 1 amide bonds. The first-order valence-corrected chi connectivity index (χ1v) is 9.31. The summed E-state index contributed by atoms with van der Waals surface area (Å²) in [5.74, 6) is 1.12. The van der Waals surface area contributed by atoms with Crippen molar-refractivity contribution in [1.29, 1.82) is 0 Å². The topological polar surface area (TPSA) is 81.6 Å². The Kier molecular flexibility index (Phi) is 4.37. The van der Waals surface area contributed by atoms with Gasteiger partial charge in [-0.3, -0.25) is 9.69 Å². The fourth-order valence-corrected chi connectivity index (χ4v) is 3.99. The van der Waals surface area contributed by atoms with Crippen LogP contribution in [-0.4, -0.2) is 70.5 Å². The number of rotatable bonds is 4. The molecule has 2 atom stereocenters. The second-order valence-electron chi connectivity index (χ2n) is 7.86. The first-order chi connectivity index (χ1) is 12.0. The van der Waals surface area contributed by atoms with Crippen LogP contribution in [0.2, 0.25) is 0 Å². The highest BCUT2D eigenvalue weighted by atomic mass is 16.3. The van der Waals surface area contributed by atoms with Crippen LogP contribution in [-0.2, 0) is 4.79 Å². The maximum atomic E-state index is 12.1. The Hall–Kier alpha value is -1.73. The van der Waals surface area contributed by atoms with Crippen molar-refractivity contribution in [2.24, 2.45) is 5.92 Å². The molecule has 0 aromatic carbocycles. The molecule has 0 radical (unpaired) electrons. The number of anilines is 1. The van der Waals surface area contributed by atoms with Gasteiger partial charge in [0.2, 0.25) is 5.91 Å². The summed E-state index contributed by atoms with van der Waals surface area (Å²) >= 11 is 0. The summed E-state index contributed by atoms with van der Waals surface area (Å²) in [7, 11) is 0. The lowest BCUT2D eigenvalue weighted by Gasteiger charge is -2.50. The molecule has 3 heterocycles. The van der Waals surface area contributed by atoms with E-state index in [1.54, 1.807) is 0 Å². The molecule has 7 nitrogen and oxygen atoms in total. The van der Waals surface area contributed by atoms with E-state index in [1.165, 1.54) is 0 Å². The van der Waals surface area contributed by atoms with Crippen LogP contribution in [0.25, 0.3) is 0 Å². The van der Waals surface area contributed by atoms with Crippen LogP contribution < -0.4 is 10.2 Å². The molecule has 136 valence electrons. The number of amides is 1. The summed E-state index contributed by atoms with van der Waals surface area (Å²) in [6.07, 6.45) is 3.71. The van der Waals surface area contributed by atoms with Crippen LogP contribution in [0.1, 0.15) is 31.4 Å². The second kappa shape index (κ2) is 6.53. The lowest BCUT2D eigenvalue weighted by atomic mass is 9.75. The fourth-order valence-electron chi connectivity index (χ4n) is 3.99. The van der Waals surface area contributed by atoms with Gasteiger partial charge in [0, 0.05) is 38.1 Å². The van der Waals surface area contributed by atoms with Gasteiger partial charge in [0.25, 0.3) is 0 Å². The molecule has 25 heavy (non-hydrogen) atoms. The van der Waals surface area contributed by atoms with E-state index < -0.39 is 5.60 Å². The summed E-state index contributed by atoms with van der Waals surface area (Å²) in [6, 6.07) is 4.37. The quantitative estimate of drug-likeness (QED) is 0.818. The van der Waals surface area contributed by atoms with Crippen LogP contribution in [0.5, 0.6) is 0 Å². The van der Waals surface area contributed by atoms with Gasteiger partial charge in [-0.25, -0.2) is 0 Å². The van der Waals surface area contributed by atoms with Crippen LogP contribution in [0.4, 0.5) is 5.82 Å². The van der Waals surface area contributed by atoms with Crippen molar-refractivity contribution < 1.29 is 9.90 Å². The van der Waals surface area contributed by atoms with Crippen LogP contribution in [0, 0.1) is 12.8 Å². The van der Waals surface area contributed by atoms with Gasteiger partial charge in [-0.2, -0.15) is 5.10 Å². The van der Waals surface area contributed by atoms with E-state index in [1.807, 2.05) is 19.1 Å². The Morgan fingerprint density at radius 1 is 1.28 bits per heavy atom. The molecule has 3 fully saturated rings. The van der Waals surface area contributed by atoms with Gasteiger partial charge in [0.15, 0.2) is 5.82 Å². The number of hydrogen-bond donors (Lipinski definition) is 2. The summed E-state index contributed by atoms with van der Waals surface area (Å²) < 4.78 is 0. The van der Waals surface area contributed by atoms with Gasteiger partial charge in [0.05, 0.1) is 17.8 Å². The molecule has 1 aromatic heterocycles. The van der Waals surface area contributed by atoms with Crippen LogP contribution in [0.3, 0.4) is 0 Å². The molecule has 1 aliphatic carbocycles. The minimum atomic E-state index is -0.613. The summed E-state index contributed by atoms with van der Waals surface area (Å²) in [5.41, 5.74) is 0.292. The van der Waals surface area contributed by atoms with Gasteiger partial charge in [-0.05, 0) is 44.7 Å². The van der Waals surface area contributed by atoms with Crippen molar-refractivity contribution >= 4 is 11.7 Å². The van der Waals surface area contributed by atoms with Crippen LogP contribution >= 0.6 is 0 Å². The third-order valence-electron chi connectivity index (χ3n) is 5.77. The zero-order chi connectivity index (χ0) is 17.4. The standard InChI is InChI=1S/C18H27N5O2/c1-13-2-5-16(21-20-13)23-9-7-18(25)6-8-22(10-14(18)11-23)12-17(24)19-15-3-4-15/h2,5,14-15,25H,3-4,6-12H2,1H3,(H,19,24)/t14-,18-/m1/s1. The largest absolute Gasteiger partial charge is 0.389 e. The molecule has 1 aromatic rings. The summed E-state index contributed by atoms with van der Waals surface area (Å²) in [5, 5.41) is 22.5. The number of nitrogens with one attached hydrogen (secondary N) is 1. The minimum absolute atomic E-state index is 0.116. The molecule has 0 bridgehead atoms.